The van der Waals surface area contributed by atoms with Crippen LogP contribution < -0.4 is 0 Å². The third-order valence-electron chi connectivity index (χ3n) is 4.83. The van der Waals surface area contributed by atoms with Gasteiger partial charge in [-0.15, -0.1) is 0 Å². The van der Waals surface area contributed by atoms with Crippen molar-refractivity contribution in [2.75, 3.05) is 6.61 Å². The van der Waals surface area contributed by atoms with Gasteiger partial charge in [-0.1, -0.05) is 44.2 Å². The van der Waals surface area contributed by atoms with Crippen molar-refractivity contribution in [2.24, 2.45) is 5.92 Å². The Morgan fingerprint density at radius 1 is 1.00 bits per heavy atom. The molecule has 2 heterocycles. The maximum atomic E-state index is 13.2. The number of carbonyl (C=O) groups excluding carboxylic acids is 3. The Hall–Kier alpha value is -3.21. The summed E-state index contributed by atoms with van der Waals surface area (Å²) in [5, 5.41) is 0. The summed E-state index contributed by atoms with van der Waals surface area (Å²) in [6, 6.07) is 12.0. The van der Waals surface area contributed by atoms with Gasteiger partial charge in [0.05, 0.1) is 23.3 Å². The number of ketones is 2. The minimum atomic E-state index is -0.568. The van der Waals surface area contributed by atoms with Crippen molar-refractivity contribution in [3.05, 3.63) is 76.6 Å². The summed E-state index contributed by atoms with van der Waals surface area (Å²) in [5.74, 6) is -0.754. The number of hydrogen-bond acceptors (Lipinski definition) is 4. The number of carbonyl (C=O) groups is 3. The van der Waals surface area contributed by atoms with Crippen LogP contribution >= 0.6 is 0 Å². The van der Waals surface area contributed by atoms with Crippen LogP contribution in [-0.4, -0.2) is 28.5 Å². The topological polar surface area (TPSA) is 64.8 Å². The Morgan fingerprint density at radius 2 is 1.67 bits per heavy atom. The van der Waals surface area contributed by atoms with Crippen LogP contribution in [0.2, 0.25) is 0 Å². The third kappa shape index (κ3) is 2.67. The van der Waals surface area contributed by atoms with Crippen molar-refractivity contribution in [1.82, 2.24) is 4.40 Å². The summed E-state index contributed by atoms with van der Waals surface area (Å²) in [5.41, 5.74) is 1.72. The summed E-state index contributed by atoms with van der Waals surface area (Å²) in [6.07, 6.45) is 2.42. The van der Waals surface area contributed by atoms with Crippen LogP contribution in [0.5, 0.6) is 0 Å². The second-order valence-corrected chi connectivity index (χ2v) is 7.08. The summed E-state index contributed by atoms with van der Waals surface area (Å²) in [4.78, 5) is 39.1. The van der Waals surface area contributed by atoms with E-state index in [1.165, 1.54) is 0 Å². The second kappa shape index (κ2) is 6.50. The molecular weight excluding hydrogens is 342 g/mol. The van der Waals surface area contributed by atoms with E-state index in [1.807, 2.05) is 13.8 Å². The quantitative estimate of drug-likeness (QED) is 0.517. The van der Waals surface area contributed by atoms with Crippen molar-refractivity contribution in [3.63, 3.8) is 0 Å². The molecule has 27 heavy (non-hydrogen) atoms. The van der Waals surface area contributed by atoms with Crippen molar-refractivity contribution in [1.29, 1.82) is 0 Å². The Labute approximate surface area is 156 Å². The molecule has 1 aliphatic carbocycles. The number of hydrogen-bond donors (Lipinski definition) is 0. The van der Waals surface area contributed by atoms with Gasteiger partial charge in [0.1, 0.15) is 5.69 Å². The van der Waals surface area contributed by atoms with Gasteiger partial charge in [-0.25, -0.2) is 4.79 Å². The highest BCUT2D eigenvalue weighted by atomic mass is 16.5. The van der Waals surface area contributed by atoms with Gasteiger partial charge in [-0.2, -0.15) is 0 Å². The van der Waals surface area contributed by atoms with Gasteiger partial charge < -0.3 is 9.14 Å². The molecule has 0 saturated carbocycles. The maximum Gasteiger partial charge on any atom is 0.341 e. The molecule has 0 radical (unpaired) electrons. The number of fused-ring (bicyclic) bond motifs is 4. The monoisotopic (exact) mass is 361 g/mol. The van der Waals surface area contributed by atoms with Crippen LogP contribution in [0.3, 0.4) is 0 Å². The fourth-order valence-corrected chi connectivity index (χ4v) is 3.46. The lowest BCUT2D eigenvalue weighted by Gasteiger charge is -2.15. The molecule has 0 atom stereocenters. The van der Waals surface area contributed by atoms with Gasteiger partial charge in [0.25, 0.3) is 0 Å². The number of nitrogens with zero attached hydrogens (tertiary/aromatic N) is 1. The van der Waals surface area contributed by atoms with E-state index in [2.05, 4.69) is 0 Å². The van der Waals surface area contributed by atoms with E-state index in [9.17, 15) is 14.4 Å². The van der Waals surface area contributed by atoms with Crippen molar-refractivity contribution >= 4 is 23.1 Å². The molecule has 5 heteroatoms. The molecular formula is C22H19NO4. The summed E-state index contributed by atoms with van der Waals surface area (Å²) in [7, 11) is 0. The molecule has 0 unspecified atom stereocenters. The molecule has 3 aromatic rings. The lowest BCUT2D eigenvalue weighted by molar-refractivity contribution is 0.0488. The first-order valence-electron chi connectivity index (χ1n) is 8.99. The summed E-state index contributed by atoms with van der Waals surface area (Å²) in [6.45, 7) is 4.36. The third-order valence-corrected chi connectivity index (χ3v) is 4.83. The molecule has 0 spiro atoms. The summed E-state index contributed by atoms with van der Waals surface area (Å²) >= 11 is 0. The Bertz CT molecular complexity index is 1090. The number of aromatic nitrogens is 1. The highest BCUT2D eigenvalue weighted by Gasteiger charge is 2.38. The smallest absolute Gasteiger partial charge is 0.341 e. The predicted molar refractivity (Wildman–Crippen MR) is 100 cm³/mol. The SMILES string of the molecule is CC(C)CCOC(=O)c1c2c(n3ccccc13)C(=O)c1ccccc1C2=O. The van der Waals surface area contributed by atoms with Gasteiger partial charge in [0.15, 0.2) is 5.78 Å². The molecule has 0 saturated heterocycles. The first-order valence-corrected chi connectivity index (χ1v) is 8.99. The molecule has 136 valence electrons. The normalized spacial score (nSPS) is 13.0. The first-order chi connectivity index (χ1) is 13.0. The zero-order chi connectivity index (χ0) is 19.1. The summed E-state index contributed by atoms with van der Waals surface area (Å²) < 4.78 is 7.04. The van der Waals surface area contributed by atoms with E-state index in [4.69, 9.17) is 4.74 Å². The highest BCUT2D eigenvalue weighted by Crippen LogP contribution is 2.34. The Balaban J connectivity index is 1.90. The van der Waals surface area contributed by atoms with Gasteiger partial charge in [0.2, 0.25) is 5.78 Å². The average Bonchev–Trinajstić information content (AvgIpc) is 3.01. The zero-order valence-corrected chi connectivity index (χ0v) is 15.2. The largest absolute Gasteiger partial charge is 0.462 e. The van der Waals surface area contributed by atoms with E-state index in [0.29, 0.717) is 22.6 Å². The predicted octanol–water partition coefficient (Wildman–Crippen LogP) is 3.92. The fraction of sp³-hybridized carbons (Fsp3) is 0.227. The number of ether oxygens (including phenoxy) is 1. The van der Waals surface area contributed by atoms with Crippen LogP contribution in [0.15, 0.2) is 48.7 Å². The number of pyridine rings is 1. The number of benzene rings is 1. The Kier molecular flexibility index (Phi) is 4.15. The van der Waals surface area contributed by atoms with Crippen molar-refractivity contribution in [3.8, 4) is 0 Å². The standard InChI is InChI=1S/C22H19NO4/c1-13(2)10-12-27-22(26)17-16-9-5-6-11-23(16)19-18(17)20(24)14-7-3-4-8-15(14)21(19)25/h3-9,11,13H,10,12H2,1-2H3. The molecule has 5 nitrogen and oxygen atoms in total. The van der Waals surface area contributed by atoms with Crippen LogP contribution in [0.4, 0.5) is 0 Å². The van der Waals surface area contributed by atoms with Crippen LogP contribution in [0, 0.1) is 5.92 Å². The fourth-order valence-electron chi connectivity index (χ4n) is 3.46. The molecule has 2 aromatic heterocycles. The second-order valence-electron chi connectivity index (χ2n) is 7.08. The molecule has 1 aliphatic rings. The first kappa shape index (κ1) is 17.2. The van der Waals surface area contributed by atoms with E-state index < -0.39 is 5.97 Å². The molecule has 0 N–H and O–H groups in total. The van der Waals surface area contributed by atoms with Gasteiger partial charge in [-0.3, -0.25) is 9.59 Å². The number of esters is 1. The van der Waals surface area contributed by atoms with Gasteiger partial charge >= 0.3 is 5.97 Å². The molecule has 1 aromatic carbocycles. The van der Waals surface area contributed by atoms with Crippen LogP contribution in [0.25, 0.3) is 5.52 Å². The van der Waals surface area contributed by atoms with Crippen molar-refractivity contribution < 1.29 is 19.1 Å². The average molecular weight is 361 g/mol. The molecule has 0 fully saturated rings. The molecule has 0 aliphatic heterocycles. The number of rotatable bonds is 4. The minimum absolute atomic E-state index is 0.138. The van der Waals surface area contributed by atoms with Gasteiger partial charge in [0, 0.05) is 17.3 Å². The van der Waals surface area contributed by atoms with Crippen LogP contribution in [-0.2, 0) is 4.74 Å². The van der Waals surface area contributed by atoms with Gasteiger partial charge in [-0.05, 0) is 24.5 Å². The van der Waals surface area contributed by atoms with Crippen molar-refractivity contribution in [2.45, 2.75) is 20.3 Å². The molecule has 4 rings (SSSR count). The molecule has 0 bridgehead atoms. The van der Waals surface area contributed by atoms with E-state index in [1.54, 1.807) is 53.1 Å². The lowest BCUT2D eigenvalue weighted by atomic mass is 9.86. The minimum Gasteiger partial charge on any atom is -0.462 e. The zero-order valence-electron chi connectivity index (χ0n) is 15.2. The molecule has 0 amide bonds. The van der Waals surface area contributed by atoms with E-state index >= 15 is 0 Å². The Morgan fingerprint density at radius 3 is 2.37 bits per heavy atom. The highest BCUT2D eigenvalue weighted by molar-refractivity contribution is 6.31. The maximum absolute atomic E-state index is 13.2. The van der Waals surface area contributed by atoms with E-state index in [0.717, 1.165) is 6.42 Å². The van der Waals surface area contributed by atoms with Crippen LogP contribution in [0.1, 0.15) is 62.6 Å². The van der Waals surface area contributed by atoms with E-state index in [-0.39, 0.29) is 35.0 Å². The lowest BCUT2D eigenvalue weighted by Crippen LogP contribution is -2.23.